The minimum absolute atomic E-state index is 0.227. The number of rotatable bonds is 9. The summed E-state index contributed by atoms with van der Waals surface area (Å²) in [5.74, 6) is 1.05. The second-order valence-corrected chi connectivity index (χ2v) is 5.91. The first-order valence-electron chi connectivity index (χ1n) is 8.51. The number of benzene rings is 1. The summed E-state index contributed by atoms with van der Waals surface area (Å²) >= 11 is 0. The summed E-state index contributed by atoms with van der Waals surface area (Å²) in [6.45, 7) is 5.33. The van der Waals surface area contributed by atoms with Gasteiger partial charge in [0.15, 0.2) is 5.96 Å². The van der Waals surface area contributed by atoms with Gasteiger partial charge in [-0.05, 0) is 44.2 Å². The van der Waals surface area contributed by atoms with Gasteiger partial charge in [0.05, 0.1) is 18.2 Å². The van der Waals surface area contributed by atoms with Gasteiger partial charge in [-0.2, -0.15) is 5.26 Å². The normalized spacial score (nSPS) is 14.3. The molecule has 0 spiro atoms. The third-order valence-electron chi connectivity index (χ3n) is 3.74. The number of ether oxygens (including phenoxy) is 1. The van der Waals surface area contributed by atoms with Crippen molar-refractivity contribution in [3.05, 3.63) is 35.1 Å². The number of nitrogens with zero attached hydrogens (tertiary/aromatic N) is 2. The Morgan fingerprint density at radius 1 is 1.42 bits per heavy atom. The lowest BCUT2D eigenvalue weighted by atomic mass is 10.1. The fraction of sp³-hybridized carbons (Fsp3) is 0.556. The van der Waals surface area contributed by atoms with Crippen LogP contribution in [0.15, 0.2) is 23.2 Å². The fourth-order valence-electron chi connectivity index (χ4n) is 2.17. The lowest BCUT2D eigenvalue weighted by molar-refractivity contribution is 0.123. The standard InChI is InChI=1S/C18H25FN4O/c1-2-21-18(22-8-3-9-24-13-14-4-5-14)23-12-16-7-6-15(11-20)10-17(16)19/h6-7,10,14H,2-5,8-9,12-13H2,1H3,(H2,21,22,23). The van der Waals surface area contributed by atoms with Gasteiger partial charge < -0.3 is 15.4 Å². The SMILES string of the molecule is CCNC(=NCc1ccc(C#N)cc1F)NCCCOCC1CC1. The zero-order valence-corrected chi connectivity index (χ0v) is 14.1. The van der Waals surface area contributed by atoms with Crippen molar-refractivity contribution < 1.29 is 9.13 Å². The monoisotopic (exact) mass is 332 g/mol. The molecular weight excluding hydrogens is 307 g/mol. The van der Waals surface area contributed by atoms with E-state index in [2.05, 4.69) is 15.6 Å². The Labute approximate surface area is 142 Å². The average Bonchev–Trinajstić information content (AvgIpc) is 3.40. The molecule has 0 aromatic heterocycles. The van der Waals surface area contributed by atoms with Crippen molar-refractivity contribution in [1.82, 2.24) is 10.6 Å². The van der Waals surface area contributed by atoms with E-state index in [0.717, 1.165) is 38.6 Å². The number of nitriles is 1. The highest BCUT2D eigenvalue weighted by atomic mass is 19.1. The van der Waals surface area contributed by atoms with Gasteiger partial charge in [0.2, 0.25) is 0 Å². The predicted octanol–water partition coefficient (Wildman–Crippen LogP) is 2.57. The lowest BCUT2D eigenvalue weighted by Gasteiger charge is -2.11. The van der Waals surface area contributed by atoms with Crippen molar-refractivity contribution in [2.75, 3.05) is 26.3 Å². The van der Waals surface area contributed by atoms with Crippen LogP contribution in [0.5, 0.6) is 0 Å². The van der Waals surface area contributed by atoms with Crippen LogP contribution in [0.25, 0.3) is 0 Å². The molecule has 1 fully saturated rings. The van der Waals surface area contributed by atoms with Crippen LogP contribution >= 0.6 is 0 Å². The van der Waals surface area contributed by atoms with Crippen LogP contribution in [0.3, 0.4) is 0 Å². The molecule has 1 aromatic carbocycles. The molecule has 5 nitrogen and oxygen atoms in total. The molecule has 0 heterocycles. The second kappa shape index (κ2) is 9.89. The highest BCUT2D eigenvalue weighted by molar-refractivity contribution is 5.79. The zero-order valence-electron chi connectivity index (χ0n) is 14.1. The van der Waals surface area contributed by atoms with Crippen molar-refractivity contribution in [2.24, 2.45) is 10.9 Å². The molecule has 0 radical (unpaired) electrons. The first kappa shape index (κ1) is 18.2. The van der Waals surface area contributed by atoms with E-state index in [1.165, 1.54) is 18.9 Å². The molecule has 2 N–H and O–H groups in total. The van der Waals surface area contributed by atoms with Gasteiger partial charge in [0, 0.05) is 31.9 Å². The van der Waals surface area contributed by atoms with E-state index in [4.69, 9.17) is 10.00 Å². The molecule has 1 aliphatic carbocycles. The number of guanidine groups is 1. The summed E-state index contributed by atoms with van der Waals surface area (Å²) in [4.78, 5) is 4.39. The van der Waals surface area contributed by atoms with Crippen LogP contribution in [0.4, 0.5) is 4.39 Å². The summed E-state index contributed by atoms with van der Waals surface area (Å²) in [5, 5.41) is 15.1. The van der Waals surface area contributed by atoms with Crippen molar-refractivity contribution >= 4 is 5.96 Å². The largest absolute Gasteiger partial charge is 0.381 e. The average molecular weight is 332 g/mol. The summed E-state index contributed by atoms with van der Waals surface area (Å²) in [5.41, 5.74) is 0.787. The minimum atomic E-state index is -0.401. The molecule has 1 aromatic rings. The summed E-state index contributed by atoms with van der Waals surface area (Å²) in [6, 6.07) is 6.37. The first-order chi connectivity index (χ1) is 11.7. The van der Waals surface area contributed by atoms with E-state index in [1.54, 1.807) is 12.1 Å². The van der Waals surface area contributed by atoms with E-state index in [9.17, 15) is 4.39 Å². The number of aliphatic imine (C=N–C) groups is 1. The van der Waals surface area contributed by atoms with Crippen LogP contribution in [0.1, 0.15) is 37.3 Å². The lowest BCUT2D eigenvalue weighted by Crippen LogP contribution is -2.38. The van der Waals surface area contributed by atoms with E-state index in [0.29, 0.717) is 17.1 Å². The molecule has 0 amide bonds. The molecule has 0 atom stereocenters. The Hall–Kier alpha value is -2.13. The summed E-state index contributed by atoms with van der Waals surface area (Å²) < 4.78 is 19.4. The van der Waals surface area contributed by atoms with Crippen LogP contribution < -0.4 is 10.6 Å². The number of halogens is 1. The molecule has 0 bridgehead atoms. The third kappa shape index (κ3) is 6.55. The van der Waals surface area contributed by atoms with Gasteiger partial charge >= 0.3 is 0 Å². The fourth-order valence-corrected chi connectivity index (χ4v) is 2.17. The number of hydrogen-bond donors (Lipinski definition) is 2. The van der Waals surface area contributed by atoms with E-state index in [-0.39, 0.29) is 6.54 Å². The van der Waals surface area contributed by atoms with Gasteiger partial charge in [-0.1, -0.05) is 6.07 Å². The van der Waals surface area contributed by atoms with Gasteiger partial charge in [0.25, 0.3) is 0 Å². The molecule has 24 heavy (non-hydrogen) atoms. The van der Waals surface area contributed by atoms with Crippen LogP contribution in [-0.4, -0.2) is 32.3 Å². The van der Waals surface area contributed by atoms with Gasteiger partial charge in [-0.3, -0.25) is 0 Å². The highest BCUT2D eigenvalue weighted by Crippen LogP contribution is 2.28. The van der Waals surface area contributed by atoms with Crippen molar-refractivity contribution in [2.45, 2.75) is 32.7 Å². The quantitative estimate of drug-likeness (QED) is 0.414. The molecule has 130 valence electrons. The highest BCUT2D eigenvalue weighted by Gasteiger charge is 2.20. The maximum Gasteiger partial charge on any atom is 0.191 e. The molecule has 0 aliphatic heterocycles. The van der Waals surface area contributed by atoms with E-state index in [1.807, 2.05) is 13.0 Å². The number of nitrogens with one attached hydrogen (secondary N) is 2. The Kier molecular flexibility index (Phi) is 7.50. The maximum atomic E-state index is 13.9. The molecule has 2 rings (SSSR count). The van der Waals surface area contributed by atoms with Crippen LogP contribution in [0.2, 0.25) is 0 Å². The molecule has 0 saturated heterocycles. The van der Waals surface area contributed by atoms with Gasteiger partial charge in [-0.15, -0.1) is 0 Å². The van der Waals surface area contributed by atoms with Crippen LogP contribution in [-0.2, 0) is 11.3 Å². The Morgan fingerprint density at radius 3 is 2.92 bits per heavy atom. The first-order valence-corrected chi connectivity index (χ1v) is 8.51. The van der Waals surface area contributed by atoms with Gasteiger partial charge in [0.1, 0.15) is 5.82 Å². The Bertz CT molecular complexity index is 593. The van der Waals surface area contributed by atoms with Crippen molar-refractivity contribution in [3.8, 4) is 6.07 Å². The van der Waals surface area contributed by atoms with Crippen molar-refractivity contribution in [3.63, 3.8) is 0 Å². The Morgan fingerprint density at radius 2 is 2.25 bits per heavy atom. The summed E-state index contributed by atoms with van der Waals surface area (Å²) in [7, 11) is 0. The van der Waals surface area contributed by atoms with Gasteiger partial charge in [-0.25, -0.2) is 9.38 Å². The van der Waals surface area contributed by atoms with Crippen LogP contribution in [0, 0.1) is 23.1 Å². The topological polar surface area (TPSA) is 69.4 Å². The molecule has 1 saturated carbocycles. The predicted molar refractivity (Wildman–Crippen MR) is 92.1 cm³/mol. The molecule has 1 aliphatic rings. The third-order valence-corrected chi connectivity index (χ3v) is 3.74. The molecule has 6 heteroatoms. The zero-order chi connectivity index (χ0) is 17.2. The minimum Gasteiger partial charge on any atom is -0.381 e. The summed E-state index contributed by atoms with van der Waals surface area (Å²) in [6.07, 6.45) is 3.52. The Balaban J connectivity index is 1.75. The second-order valence-electron chi connectivity index (χ2n) is 5.91. The molecule has 0 unspecified atom stereocenters. The number of hydrogen-bond acceptors (Lipinski definition) is 3. The van der Waals surface area contributed by atoms with E-state index < -0.39 is 5.82 Å². The maximum absolute atomic E-state index is 13.9. The molecular formula is C18H25FN4O. The smallest absolute Gasteiger partial charge is 0.191 e. The van der Waals surface area contributed by atoms with E-state index >= 15 is 0 Å². The van der Waals surface area contributed by atoms with Crippen molar-refractivity contribution in [1.29, 1.82) is 5.26 Å².